The van der Waals surface area contributed by atoms with Crippen LogP contribution in [0.4, 0.5) is 5.69 Å². The lowest BCUT2D eigenvalue weighted by Crippen LogP contribution is -2.27. The van der Waals surface area contributed by atoms with Crippen LogP contribution in [0.5, 0.6) is 11.5 Å². The van der Waals surface area contributed by atoms with Crippen molar-refractivity contribution in [3.63, 3.8) is 0 Å². The number of imidazole rings is 1. The van der Waals surface area contributed by atoms with E-state index in [0.717, 1.165) is 0 Å². The average molecular weight is 290 g/mol. The normalized spacial score (nSPS) is 10.2. The van der Waals surface area contributed by atoms with Crippen LogP contribution in [0.15, 0.2) is 30.9 Å². The number of anilines is 1. The van der Waals surface area contributed by atoms with E-state index in [-0.39, 0.29) is 5.91 Å². The minimum Gasteiger partial charge on any atom is -0.493 e. The summed E-state index contributed by atoms with van der Waals surface area (Å²) in [4.78, 5) is 16.1. The molecule has 7 heteroatoms. The number of hydrogen-bond acceptors (Lipinski definition) is 5. The van der Waals surface area contributed by atoms with Crippen LogP contribution < -0.4 is 20.5 Å². The van der Waals surface area contributed by atoms with E-state index in [1.54, 1.807) is 24.7 Å². The minimum atomic E-state index is -0.256. The first-order valence-electron chi connectivity index (χ1n) is 6.41. The number of nitrogens with zero attached hydrogens (tertiary/aromatic N) is 2. The highest BCUT2D eigenvalue weighted by atomic mass is 16.5. The molecule has 112 valence electrons. The number of nitrogens with one attached hydrogen (secondary N) is 1. The number of carbonyl (C=O) groups is 1. The Hall–Kier alpha value is -2.70. The van der Waals surface area contributed by atoms with Crippen molar-refractivity contribution < 1.29 is 14.3 Å². The summed E-state index contributed by atoms with van der Waals surface area (Å²) < 4.78 is 12.2. The molecule has 0 atom stereocenters. The van der Waals surface area contributed by atoms with E-state index in [9.17, 15) is 4.79 Å². The van der Waals surface area contributed by atoms with Crippen LogP contribution in [-0.2, 0) is 6.54 Å². The second-order valence-electron chi connectivity index (χ2n) is 4.35. The summed E-state index contributed by atoms with van der Waals surface area (Å²) in [5.74, 6) is 0.699. The lowest BCUT2D eigenvalue weighted by Gasteiger charge is -2.12. The summed E-state index contributed by atoms with van der Waals surface area (Å²) in [6.07, 6.45) is 5.21. The number of nitrogen functional groups attached to an aromatic ring is 1. The maximum atomic E-state index is 12.1. The molecule has 7 nitrogen and oxygen atoms in total. The van der Waals surface area contributed by atoms with E-state index >= 15 is 0 Å². The first kappa shape index (κ1) is 14.7. The molecule has 0 saturated heterocycles. The van der Waals surface area contributed by atoms with Crippen LogP contribution in [-0.4, -0.2) is 36.2 Å². The van der Waals surface area contributed by atoms with Crippen LogP contribution in [0, 0.1) is 0 Å². The predicted octanol–water partition coefficient (Wildman–Crippen LogP) is 0.912. The topological polar surface area (TPSA) is 91.4 Å². The van der Waals surface area contributed by atoms with Crippen LogP contribution in [0.25, 0.3) is 0 Å². The van der Waals surface area contributed by atoms with Gasteiger partial charge >= 0.3 is 0 Å². The number of amides is 1. The molecule has 2 rings (SSSR count). The van der Waals surface area contributed by atoms with Crippen molar-refractivity contribution in [1.82, 2.24) is 14.9 Å². The first-order valence-corrected chi connectivity index (χ1v) is 6.41. The summed E-state index contributed by atoms with van der Waals surface area (Å²) in [6, 6.07) is 3.14. The second kappa shape index (κ2) is 6.65. The molecule has 21 heavy (non-hydrogen) atoms. The molecule has 1 amide bonds. The van der Waals surface area contributed by atoms with Crippen molar-refractivity contribution >= 4 is 11.6 Å². The Labute approximate surface area is 122 Å². The maximum Gasteiger partial charge on any atom is 0.253 e. The zero-order valence-corrected chi connectivity index (χ0v) is 12.0. The summed E-state index contributed by atoms with van der Waals surface area (Å²) >= 11 is 0. The Balaban J connectivity index is 2.04. The smallest absolute Gasteiger partial charge is 0.253 e. The molecule has 0 spiro atoms. The highest BCUT2D eigenvalue weighted by Crippen LogP contribution is 2.31. The van der Waals surface area contributed by atoms with E-state index in [0.29, 0.717) is 35.8 Å². The van der Waals surface area contributed by atoms with Gasteiger partial charge in [0.25, 0.3) is 5.91 Å². The molecule has 0 saturated carbocycles. The molecule has 1 heterocycles. The third-order valence-corrected chi connectivity index (χ3v) is 3.02. The van der Waals surface area contributed by atoms with Crippen LogP contribution in [0.3, 0.4) is 0 Å². The zero-order chi connectivity index (χ0) is 15.2. The largest absolute Gasteiger partial charge is 0.493 e. The van der Waals surface area contributed by atoms with Crippen LogP contribution in [0.2, 0.25) is 0 Å². The molecule has 1 aromatic heterocycles. The summed E-state index contributed by atoms with van der Waals surface area (Å²) in [5.41, 5.74) is 6.58. The number of hydrogen-bond donors (Lipinski definition) is 2. The molecule has 0 aliphatic carbocycles. The van der Waals surface area contributed by atoms with Crippen molar-refractivity contribution in [2.75, 3.05) is 26.5 Å². The number of methoxy groups -OCH3 is 2. The van der Waals surface area contributed by atoms with Gasteiger partial charge in [-0.05, 0) is 6.07 Å². The second-order valence-corrected chi connectivity index (χ2v) is 4.35. The van der Waals surface area contributed by atoms with Crippen molar-refractivity contribution in [3.05, 3.63) is 36.4 Å². The van der Waals surface area contributed by atoms with E-state index in [1.165, 1.54) is 14.2 Å². The number of benzene rings is 1. The van der Waals surface area contributed by atoms with E-state index in [2.05, 4.69) is 10.3 Å². The Morgan fingerprint density at radius 2 is 2.05 bits per heavy atom. The van der Waals surface area contributed by atoms with Crippen LogP contribution in [0.1, 0.15) is 10.4 Å². The number of carbonyl (C=O) groups excluding carboxylic acids is 1. The predicted molar refractivity (Wildman–Crippen MR) is 78.5 cm³/mol. The van der Waals surface area contributed by atoms with Gasteiger partial charge in [-0.25, -0.2) is 4.98 Å². The Morgan fingerprint density at radius 3 is 2.67 bits per heavy atom. The quantitative estimate of drug-likeness (QED) is 0.772. The molecule has 0 bridgehead atoms. The number of aromatic nitrogens is 2. The number of rotatable bonds is 6. The van der Waals surface area contributed by atoms with Crippen molar-refractivity contribution in [2.45, 2.75) is 6.54 Å². The van der Waals surface area contributed by atoms with Gasteiger partial charge in [0, 0.05) is 37.2 Å². The Morgan fingerprint density at radius 1 is 1.33 bits per heavy atom. The van der Waals surface area contributed by atoms with Crippen molar-refractivity contribution in [2.24, 2.45) is 0 Å². The van der Waals surface area contributed by atoms with Gasteiger partial charge < -0.3 is 25.1 Å². The molecule has 3 N–H and O–H groups in total. The lowest BCUT2D eigenvalue weighted by atomic mass is 10.1. The molecular formula is C14H18N4O3. The monoisotopic (exact) mass is 290 g/mol. The lowest BCUT2D eigenvalue weighted by molar-refractivity contribution is 0.0953. The molecule has 0 radical (unpaired) electrons. The molecule has 0 unspecified atom stereocenters. The highest BCUT2D eigenvalue weighted by Gasteiger charge is 2.14. The van der Waals surface area contributed by atoms with Gasteiger partial charge in [-0.15, -0.1) is 0 Å². The van der Waals surface area contributed by atoms with Crippen molar-refractivity contribution in [1.29, 1.82) is 0 Å². The molecule has 0 aliphatic heterocycles. The summed E-state index contributed by atoms with van der Waals surface area (Å²) in [7, 11) is 3.02. The van der Waals surface area contributed by atoms with Gasteiger partial charge in [0.1, 0.15) is 0 Å². The van der Waals surface area contributed by atoms with Crippen molar-refractivity contribution in [3.8, 4) is 11.5 Å². The summed E-state index contributed by atoms with van der Waals surface area (Å²) in [6.45, 7) is 1.11. The van der Waals surface area contributed by atoms with E-state index in [4.69, 9.17) is 15.2 Å². The molecule has 0 aliphatic rings. The van der Waals surface area contributed by atoms with Crippen LogP contribution >= 0.6 is 0 Å². The SMILES string of the molecule is COc1cc(N)c(C(=O)NCCn2ccnc2)cc1OC. The molecule has 2 aromatic rings. The average Bonchev–Trinajstić information content (AvgIpc) is 3.00. The number of nitrogens with two attached hydrogens (primary N) is 1. The first-order chi connectivity index (χ1) is 10.2. The third-order valence-electron chi connectivity index (χ3n) is 3.02. The number of ether oxygens (including phenoxy) is 2. The molecular weight excluding hydrogens is 272 g/mol. The zero-order valence-electron chi connectivity index (χ0n) is 12.0. The summed E-state index contributed by atoms with van der Waals surface area (Å²) in [5, 5.41) is 2.80. The van der Waals surface area contributed by atoms with E-state index < -0.39 is 0 Å². The fourth-order valence-electron chi connectivity index (χ4n) is 1.90. The fourth-order valence-corrected chi connectivity index (χ4v) is 1.90. The third kappa shape index (κ3) is 3.44. The minimum absolute atomic E-state index is 0.256. The van der Waals surface area contributed by atoms with Gasteiger partial charge in [-0.2, -0.15) is 0 Å². The van der Waals surface area contributed by atoms with E-state index in [1.807, 2.05) is 10.8 Å². The van der Waals surface area contributed by atoms with Gasteiger partial charge in [0.05, 0.1) is 26.1 Å². The Kier molecular flexibility index (Phi) is 4.65. The Bertz CT molecular complexity index is 611. The van der Waals surface area contributed by atoms with Gasteiger partial charge in [-0.3, -0.25) is 4.79 Å². The standard InChI is InChI=1S/C14H18N4O3/c1-20-12-7-10(11(15)8-13(12)21-2)14(19)17-4-6-18-5-3-16-9-18/h3,5,7-9H,4,6,15H2,1-2H3,(H,17,19). The molecule has 0 fully saturated rings. The molecule has 1 aromatic carbocycles. The highest BCUT2D eigenvalue weighted by molar-refractivity contribution is 6.00. The fraction of sp³-hybridized carbons (Fsp3) is 0.286. The van der Waals surface area contributed by atoms with Gasteiger partial charge in [-0.1, -0.05) is 0 Å². The van der Waals surface area contributed by atoms with Gasteiger partial charge in [0.2, 0.25) is 0 Å². The maximum absolute atomic E-state index is 12.1. The van der Waals surface area contributed by atoms with Gasteiger partial charge in [0.15, 0.2) is 11.5 Å².